The Balaban J connectivity index is 2.85. The fourth-order valence-corrected chi connectivity index (χ4v) is 1.78. The number of halogens is 1. The van der Waals surface area contributed by atoms with Gasteiger partial charge in [-0.25, -0.2) is 4.98 Å². The van der Waals surface area contributed by atoms with Crippen molar-refractivity contribution in [2.24, 2.45) is 0 Å². The van der Waals surface area contributed by atoms with Crippen LogP contribution in [0.3, 0.4) is 0 Å². The highest BCUT2D eigenvalue weighted by Gasteiger charge is 2.07. The predicted octanol–water partition coefficient (Wildman–Crippen LogP) is 2.52. The number of nitrogens with one attached hydrogen (secondary N) is 1. The molecule has 0 aliphatic carbocycles. The normalized spacial score (nSPS) is 12.6. The summed E-state index contributed by atoms with van der Waals surface area (Å²) >= 11 is 3.41. The molecule has 0 aliphatic rings. The average molecular weight is 259 g/mol. The zero-order chi connectivity index (χ0) is 10.6. The Bertz CT molecular complexity index is 304. The van der Waals surface area contributed by atoms with Gasteiger partial charge in [0, 0.05) is 12.2 Å². The molecule has 1 aromatic heterocycles. The standard InChI is InChI=1S/C10H15BrN2O/c1-4-12-7(2)8-5-9(11)10(14-3)13-6-8/h5-7,12H,4H2,1-3H3/t7-/m1/s1. The average Bonchev–Trinajstić information content (AvgIpc) is 2.18. The van der Waals surface area contributed by atoms with Crippen molar-refractivity contribution in [2.75, 3.05) is 13.7 Å². The van der Waals surface area contributed by atoms with Crippen LogP contribution in [0.1, 0.15) is 25.5 Å². The van der Waals surface area contributed by atoms with E-state index in [0.29, 0.717) is 11.9 Å². The molecule has 0 unspecified atom stereocenters. The van der Waals surface area contributed by atoms with Gasteiger partial charge in [0.2, 0.25) is 5.88 Å². The fraction of sp³-hybridized carbons (Fsp3) is 0.500. The molecular formula is C10H15BrN2O. The molecule has 0 radical (unpaired) electrons. The number of aromatic nitrogens is 1. The van der Waals surface area contributed by atoms with Crippen molar-refractivity contribution in [3.05, 3.63) is 22.3 Å². The molecule has 1 rings (SSSR count). The molecule has 14 heavy (non-hydrogen) atoms. The number of hydrogen-bond donors (Lipinski definition) is 1. The lowest BCUT2D eigenvalue weighted by Crippen LogP contribution is -2.17. The third-order valence-corrected chi connectivity index (χ3v) is 2.60. The van der Waals surface area contributed by atoms with Gasteiger partial charge >= 0.3 is 0 Å². The zero-order valence-electron chi connectivity index (χ0n) is 8.67. The molecule has 78 valence electrons. The van der Waals surface area contributed by atoms with Crippen molar-refractivity contribution in [1.82, 2.24) is 10.3 Å². The van der Waals surface area contributed by atoms with Crippen molar-refractivity contribution < 1.29 is 4.74 Å². The largest absolute Gasteiger partial charge is 0.480 e. The van der Waals surface area contributed by atoms with Gasteiger partial charge in [0.1, 0.15) is 0 Å². The number of pyridine rings is 1. The van der Waals surface area contributed by atoms with Gasteiger partial charge in [0.15, 0.2) is 0 Å². The van der Waals surface area contributed by atoms with Crippen LogP contribution in [0, 0.1) is 0 Å². The lowest BCUT2D eigenvalue weighted by Gasteiger charge is -2.13. The molecule has 4 heteroatoms. The molecule has 0 saturated carbocycles. The van der Waals surface area contributed by atoms with Crippen molar-refractivity contribution in [2.45, 2.75) is 19.9 Å². The van der Waals surface area contributed by atoms with Gasteiger partial charge in [-0.15, -0.1) is 0 Å². The molecule has 1 N–H and O–H groups in total. The van der Waals surface area contributed by atoms with Gasteiger partial charge in [-0.05, 0) is 41.0 Å². The molecule has 0 fully saturated rings. The van der Waals surface area contributed by atoms with Crippen molar-refractivity contribution in [3.63, 3.8) is 0 Å². The summed E-state index contributed by atoms with van der Waals surface area (Å²) in [7, 11) is 1.61. The van der Waals surface area contributed by atoms with Gasteiger partial charge in [0.05, 0.1) is 11.6 Å². The summed E-state index contributed by atoms with van der Waals surface area (Å²) in [6, 6.07) is 2.34. The van der Waals surface area contributed by atoms with Gasteiger partial charge in [-0.2, -0.15) is 0 Å². The number of nitrogens with zero attached hydrogens (tertiary/aromatic N) is 1. The van der Waals surface area contributed by atoms with E-state index in [4.69, 9.17) is 4.74 Å². The van der Waals surface area contributed by atoms with E-state index < -0.39 is 0 Å². The van der Waals surface area contributed by atoms with Crippen LogP contribution in [0.25, 0.3) is 0 Å². The minimum Gasteiger partial charge on any atom is -0.480 e. The summed E-state index contributed by atoms with van der Waals surface area (Å²) in [6.45, 7) is 5.15. The van der Waals surface area contributed by atoms with Crippen molar-refractivity contribution >= 4 is 15.9 Å². The van der Waals surface area contributed by atoms with E-state index in [1.165, 1.54) is 0 Å². The van der Waals surface area contributed by atoms with Crippen LogP contribution in [0.15, 0.2) is 16.7 Å². The summed E-state index contributed by atoms with van der Waals surface area (Å²) in [5, 5.41) is 3.32. The molecule has 1 aromatic rings. The summed E-state index contributed by atoms with van der Waals surface area (Å²) in [5.41, 5.74) is 1.15. The second-order valence-corrected chi connectivity index (χ2v) is 3.89. The van der Waals surface area contributed by atoms with Crippen LogP contribution in [-0.2, 0) is 0 Å². The first-order valence-electron chi connectivity index (χ1n) is 4.61. The first-order valence-corrected chi connectivity index (χ1v) is 5.41. The summed E-state index contributed by atoms with van der Waals surface area (Å²) in [6.07, 6.45) is 1.83. The molecule has 1 atom stereocenters. The van der Waals surface area contributed by atoms with E-state index in [9.17, 15) is 0 Å². The summed E-state index contributed by atoms with van der Waals surface area (Å²) in [4.78, 5) is 4.19. The first kappa shape index (κ1) is 11.5. The summed E-state index contributed by atoms with van der Waals surface area (Å²) in [5.74, 6) is 0.623. The van der Waals surface area contributed by atoms with Crippen LogP contribution in [-0.4, -0.2) is 18.6 Å². The number of methoxy groups -OCH3 is 1. The van der Waals surface area contributed by atoms with Gasteiger partial charge in [0.25, 0.3) is 0 Å². The van der Waals surface area contributed by atoms with Crippen LogP contribution in [0.2, 0.25) is 0 Å². The smallest absolute Gasteiger partial charge is 0.227 e. The Hall–Kier alpha value is -0.610. The van der Waals surface area contributed by atoms with Crippen LogP contribution >= 0.6 is 15.9 Å². The second kappa shape index (κ2) is 5.32. The van der Waals surface area contributed by atoms with Crippen molar-refractivity contribution in [3.8, 4) is 5.88 Å². The molecule has 3 nitrogen and oxygen atoms in total. The van der Waals surface area contributed by atoms with E-state index in [2.05, 4.69) is 40.1 Å². The van der Waals surface area contributed by atoms with Crippen molar-refractivity contribution in [1.29, 1.82) is 0 Å². The SMILES string of the molecule is CCN[C@H](C)c1cnc(OC)c(Br)c1. The Morgan fingerprint density at radius 3 is 2.86 bits per heavy atom. The van der Waals surface area contributed by atoms with E-state index in [0.717, 1.165) is 16.6 Å². The molecule has 0 spiro atoms. The van der Waals surface area contributed by atoms with Gasteiger partial charge in [-0.3, -0.25) is 0 Å². The summed E-state index contributed by atoms with van der Waals surface area (Å²) < 4.78 is 5.95. The minimum atomic E-state index is 0.315. The molecule has 0 amide bonds. The Morgan fingerprint density at radius 1 is 1.64 bits per heavy atom. The molecule has 0 aliphatic heterocycles. The first-order chi connectivity index (χ1) is 6.69. The van der Waals surface area contributed by atoms with E-state index in [-0.39, 0.29) is 0 Å². The van der Waals surface area contributed by atoms with Gasteiger partial charge < -0.3 is 10.1 Å². The van der Waals surface area contributed by atoms with Gasteiger partial charge in [-0.1, -0.05) is 6.92 Å². The highest BCUT2D eigenvalue weighted by Crippen LogP contribution is 2.25. The molecular weight excluding hydrogens is 244 g/mol. The maximum Gasteiger partial charge on any atom is 0.227 e. The lowest BCUT2D eigenvalue weighted by atomic mass is 10.1. The Morgan fingerprint density at radius 2 is 2.36 bits per heavy atom. The zero-order valence-corrected chi connectivity index (χ0v) is 10.3. The minimum absolute atomic E-state index is 0.315. The monoisotopic (exact) mass is 258 g/mol. The highest BCUT2D eigenvalue weighted by molar-refractivity contribution is 9.10. The maximum atomic E-state index is 5.06. The Labute approximate surface area is 93.0 Å². The van der Waals surface area contributed by atoms with E-state index in [1.54, 1.807) is 7.11 Å². The second-order valence-electron chi connectivity index (χ2n) is 3.04. The maximum absolute atomic E-state index is 5.06. The topological polar surface area (TPSA) is 34.2 Å². The number of hydrogen-bond acceptors (Lipinski definition) is 3. The molecule has 0 bridgehead atoms. The molecule has 0 saturated heterocycles. The third kappa shape index (κ3) is 2.69. The van der Waals surface area contributed by atoms with E-state index in [1.807, 2.05) is 12.3 Å². The van der Waals surface area contributed by atoms with E-state index >= 15 is 0 Å². The Kier molecular flexibility index (Phi) is 4.35. The lowest BCUT2D eigenvalue weighted by molar-refractivity contribution is 0.394. The fourth-order valence-electron chi connectivity index (χ4n) is 1.25. The van der Waals surface area contributed by atoms with Crippen LogP contribution in [0.4, 0.5) is 0 Å². The molecule has 1 heterocycles. The highest BCUT2D eigenvalue weighted by atomic mass is 79.9. The third-order valence-electron chi connectivity index (χ3n) is 2.03. The molecule has 0 aromatic carbocycles. The number of rotatable bonds is 4. The number of ether oxygens (including phenoxy) is 1. The van der Waals surface area contributed by atoms with Crippen LogP contribution < -0.4 is 10.1 Å². The predicted molar refractivity (Wildman–Crippen MR) is 60.6 cm³/mol. The quantitative estimate of drug-likeness (QED) is 0.902. The van der Waals surface area contributed by atoms with Crippen LogP contribution in [0.5, 0.6) is 5.88 Å².